The largest absolute Gasteiger partial charge is 0.399 e. The van der Waals surface area contributed by atoms with E-state index < -0.39 is 5.60 Å². The zero-order valence-corrected chi connectivity index (χ0v) is 12.0. The number of nitrogens with two attached hydrogens (primary N) is 1. The van der Waals surface area contributed by atoms with Crippen LogP contribution in [0.1, 0.15) is 18.4 Å². The van der Waals surface area contributed by atoms with E-state index in [1.54, 1.807) is 6.07 Å². The number of ether oxygens (including phenoxy) is 1. The number of benzene rings is 1. The molecule has 0 radical (unpaired) electrons. The van der Waals surface area contributed by atoms with Crippen LogP contribution in [0.2, 0.25) is 5.02 Å². The lowest BCUT2D eigenvalue weighted by Gasteiger charge is -2.35. The Hall–Kier alpha value is -0.810. The minimum Gasteiger partial charge on any atom is -0.399 e. The molecule has 0 amide bonds. The van der Waals surface area contributed by atoms with E-state index in [4.69, 9.17) is 22.1 Å². The molecule has 1 aliphatic rings. The molecule has 1 aromatic rings. The molecule has 5 heteroatoms. The maximum atomic E-state index is 10.5. The molecule has 2 rings (SSSR count). The Morgan fingerprint density at radius 2 is 2.11 bits per heavy atom. The first-order valence-electron chi connectivity index (χ1n) is 6.51. The number of anilines is 1. The topological polar surface area (TPSA) is 58.7 Å². The Labute approximate surface area is 119 Å². The Morgan fingerprint density at radius 3 is 2.74 bits per heavy atom. The Morgan fingerprint density at radius 1 is 1.42 bits per heavy atom. The molecule has 1 fully saturated rings. The van der Waals surface area contributed by atoms with Gasteiger partial charge >= 0.3 is 0 Å². The number of aliphatic hydroxyl groups is 1. The van der Waals surface area contributed by atoms with E-state index in [0.29, 0.717) is 49.9 Å². The van der Waals surface area contributed by atoms with Crippen molar-refractivity contribution in [1.29, 1.82) is 0 Å². The van der Waals surface area contributed by atoms with Crippen molar-refractivity contribution in [2.75, 3.05) is 32.5 Å². The Kier molecular flexibility index (Phi) is 4.68. The van der Waals surface area contributed by atoms with Gasteiger partial charge in [0.2, 0.25) is 0 Å². The minimum atomic E-state index is -0.646. The number of hydrogen-bond acceptors (Lipinski definition) is 4. The summed E-state index contributed by atoms with van der Waals surface area (Å²) in [6, 6.07) is 5.54. The van der Waals surface area contributed by atoms with Gasteiger partial charge in [0.25, 0.3) is 0 Å². The molecule has 1 heterocycles. The van der Waals surface area contributed by atoms with Crippen LogP contribution in [0.25, 0.3) is 0 Å². The van der Waals surface area contributed by atoms with Crippen LogP contribution in [0, 0.1) is 0 Å². The van der Waals surface area contributed by atoms with E-state index >= 15 is 0 Å². The summed E-state index contributed by atoms with van der Waals surface area (Å²) in [7, 11) is 1.99. The van der Waals surface area contributed by atoms with Crippen LogP contribution in [0.15, 0.2) is 18.2 Å². The highest BCUT2D eigenvalue weighted by atomic mass is 35.5. The fourth-order valence-corrected chi connectivity index (χ4v) is 2.70. The summed E-state index contributed by atoms with van der Waals surface area (Å²) in [5.41, 5.74) is 6.72. The summed E-state index contributed by atoms with van der Waals surface area (Å²) in [5.74, 6) is 0. The lowest BCUT2D eigenvalue weighted by atomic mass is 9.94. The molecule has 1 aromatic carbocycles. The van der Waals surface area contributed by atoms with Gasteiger partial charge in [-0.1, -0.05) is 17.7 Å². The molecular weight excluding hydrogens is 264 g/mol. The molecule has 0 bridgehead atoms. The van der Waals surface area contributed by atoms with Crippen LogP contribution in [0.3, 0.4) is 0 Å². The average Bonchev–Trinajstić information content (AvgIpc) is 2.33. The van der Waals surface area contributed by atoms with Gasteiger partial charge < -0.3 is 15.6 Å². The predicted octanol–water partition coefficient (Wildman–Crippen LogP) is 1.90. The molecule has 0 atom stereocenters. The van der Waals surface area contributed by atoms with Gasteiger partial charge in [-0.2, -0.15) is 0 Å². The molecule has 0 aliphatic carbocycles. The minimum absolute atomic E-state index is 0.622. The summed E-state index contributed by atoms with van der Waals surface area (Å²) >= 11 is 6.16. The second kappa shape index (κ2) is 6.09. The third kappa shape index (κ3) is 4.08. The first kappa shape index (κ1) is 14.6. The second-order valence-electron chi connectivity index (χ2n) is 5.36. The smallest absolute Gasteiger partial charge is 0.0817 e. The molecule has 19 heavy (non-hydrogen) atoms. The molecular formula is C14H21ClN2O2. The monoisotopic (exact) mass is 284 g/mol. The maximum Gasteiger partial charge on any atom is 0.0817 e. The van der Waals surface area contributed by atoms with Crippen LogP contribution >= 0.6 is 11.6 Å². The standard InChI is InChI=1S/C14H21ClN2O2/c1-17(10-14(18)4-6-19-7-5-14)9-11-2-3-12(16)8-13(11)15/h2-3,8,18H,4-7,9-10,16H2,1H3. The lowest BCUT2D eigenvalue weighted by molar-refractivity contribution is -0.0777. The van der Waals surface area contributed by atoms with Crippen molar-refractivity contribution in [2.45, 2.75) is 25.0 Å². The summed E-state index contributed by atoms with van der Waals surface area (Å²) in [4.78, 5) is 2.09. The quantitative estimate of drug-likeness (QED) is 0.829. The first-order chi connectivity index (χ1) is 8.98. The van der Waals surface area contributed by atoms with E-state index in [1.165, 1.54) is 0 Å². The van der Waals surface area contributed by atoms with Crippen LogP contribution in [-0.4, -0.2) is 42.4 Å². The van der Waals surface area contributed by atoms with Crippen LogP contribution in [0.5, 0.6) is 0 Å². The third-order valence-corrected chi connectivity index (χ3v) is 3.86. The average molecular weight is 285 g/mol. The van der Waals surface area contributed by atoms with E-state index in [2.05, 4.69) is 4.90 Å². The van der Waals surface area contributed by atoms with E-state index in [9.17, 15) is 5.11 Å². The molecule has 0 unspecified atom stereocenters. The summed E-state index contributed by atoms with van der Waals surface area (Å²) in [6.45, 7) is 2.58. The van der Waals surface area contributed by atoms with Crippen molar-refractivity contribution >= 4 is 17.3 Å². The normalized spacial score (nSPS) is 18.7. The first-order valence-corrected chi connectivity index (χ1v) is 6.89. The zero-order valence-electron chi connectivity index (χ0n) is 11.2. The van der Waals surface area contributed by atoms with Crippen molar-refractivity contribution in [1.82, 2.24) is 4.90 Å². The maximum absolute atomic E-state index is 10.5. The number of halogens is 1. The van der Waals surface area contributed by atoms with Gasteiger partial charge in [-0.25, -0.2) is 0 Å². The van der Waals surface area contributed by atoms with Gasteiger partial charge in [0.05, 0.1) is 5.60 Å². The molecule has 3 N–H and O–H groups in total. The summed E-state index contributed by atoms with van der Waals surface area (Å²) in [6.07, 6.45) is 1.37. The van der Waals surface area contributed by atoms with Crippen molar-refractivity contribution in [3.63, 3.8) is 0 Å². The van der Waals surface area contributed by atoms with E-state index in [0.717, 1.165) is 5.56 Å². The lowest BCUT2D eigenvalue weighted by Crippen LogP contribution is -2.45. The highest BCUT2D eigenvalue weighted by Gasteiger charge is 2.31. The van der Waals surface area contributed by atoms with Gasteiger partial charge in [-0.05, 0) is 24.7 Å². The molecule has 1 saturated heterocycles. The summed E-state index contributed by atoms with van der Waals surface area (Å²) in [5, 5.41) is 11.1. The number of rotatable bonds is 4. The number of likely N-dealkylation sites (N-methyl/N-ethyl adjacent to an activating group) is 1. The van der Waals surface area contributed by atoms with Gasteiger partial charge in [-0.15, -0.1) is 0 Å². The van der Waals surface area contributed by atoms with Gasteiger partial charge in [-0.3, -0.25) is 4.90 Å². The van der Waals surface area contributed by atoms with Crippen molar-refractivity contribution in [3.05, 3.63) is 28.8 Å². The molecule has 0 aromatic heterocycles. The molecule has 1 aliphatic heterocycles. The molecule has 0 spiro atoms. The highest BCUT2D eigenvalue weighted by molar-refractivity contribution is 6.31. The fraction of sp³-hybridized carbons (Fsp3) is 0.571. The van der Waals surface area contributed by atoms with Gasteiger partial charge in [0.15, 0.2) is 0 Å². The van der Waals surface area contributed by atoms with E-state index in [-0.39, 0.29) is 0 Å². The van der Waals surface area contributed by atoms with E-state index in [1.807, 2.05) is 19.2 Å². The molecule has 4 nitrogen and oxygen atoms in total. The Balaban J connectivity index is 1.95. The Bertz CT molecular complexity index is 433. The van der Waals surface area contributed by atoms with Crippen molar-refractivity contribution in [2.24, 2.45) is 0 Å². The van der Waals surface area contributed by atoms with Gasteiger partial charge in [0, 0.05) is 49.9 Å². The van der Waals surface area contributed by atoms with Crippen LogP contribution in [0.4, 0.5) is 5.69 Å². The molecule has 106 valence electrons. The summed E-state index contributed by atoms with van der Waals surface area (Å²) < 4.78 is 5.28. The van der Waals surface area contributed by atoms with Crippen LogP contribution in [-0.2, 0) is 11.3 Å². The number of nitrogens with zero attached hydrogens (tertiary/aromatic N) is 1. The van der Waals surface area contributed by atoms with Crippen molar-refractivity contribution in [3.8, 4) is 0 Å². The SMILES string of the molecule is CN(Cc1ccc(N)cc1Cl)CC1(O)CCOCC1. The van der Waals surface area contributed by atoms with Crippen LogP contribution < -0.4 is 5.73 Å². The zero-order chi connectivity index (χ0) is 13.9. The van der Waals surface area contributed by atoms with Crippen molar-refractivity contribution < 1.29 is 9.84 Å². The highest BCUT2D eigenvalue weighted by Crippen LogP contribution is 2.24. The molecule has 0 saturated carbocycles. The third-order valence-electron chi connectivity index (χ3n) is 3.51. The second-order valence-corrected chi connectivity index (χ2v) is 5.77. The number of hydrogen-bond donors (Lipinski definition) is 2. The fourth-order valence-electron chi connectivity index (χ4n) is 2.45. The number of nitrogen functional groups attached to an aromatic ring is 1. The van der Waals surface area contributed by atoms with Gasteiger partial charge in [0.1, 0.15) is 0 Å². The predicted molar refractivity (Wildman–Crippen MR) is 77.2 cm³/mol.